The molecule has 2 aromatic rings. The Morgan fingerprint density at radius 1 is 1.00 bits per heavy atom. The van der Waals surface area contributed by atoms with Gasteiger partial charge in [0.15, 0.2) is 6.79 Å². The van der Waals surface area contributed by atoms with Crippen LogP contribution in [0.25, 0.3) is 0 Å². The van der Waals surface area contributed by atoms with E-state index >= 15 is 0 Å². The van der Waals surface area contributed by atoms with Crippen LogP contribution in [0.3, 0.4) is 0 Å². The van der Waals surface area contributed by atoms with Crippen molar-refractivity contribution in [1.82, 2.24) is 0 Å². The van der Waals surface area contributed by atoms with Crippen molar-refractivity contribution in [2.75, 3.05) is 12.5 Å². The van der Waals surface area contributed by atoms with Crippen LogP contribution in [-0.4, -0.2) is 6.79 Å². The molecule has 0 aliphatic carbocycles. The zero-order valence-electron chi connectivity index (χ0n) is 11.1. The number of hydrogen-bond donors (Lipinski definition) is 1. The highest BCUT2D eigenvalue weighted by Gasteiger charge is 2.01. The smallest absolute Gasteiger partial charge is 0.189 e. The second-order valence-corrected chi connectivity index (χ2v) is 4.32. The van der Waals surface area contributed by atoms with Crippen LogP contribution in [0.4, 0.5) is 5.69 Å². The molecule has 0 amide bonds. The fourth-order valence-electron chi connectivity index (χ4n) is 1.79. The fraction of sp³-hybridized carbons (Fsp3) is 0.250. The molecule has 0 heterocycles. The summed E-state index contributed by atoms with van der Waals surface area (Å²) in [6, 6.07) is 15.8. The van der Waals surface area contributed by atoms with Crippen molar-refractivity contribution in [3.8, 4) is 5.75 Å². The second kappa shape index (κ2) is 6.81. The van der Waals surface area contributed by atoms with Gasteiger partial charge < -0.3 is 15.2 Å². The highest BCUT2D eigenvalue weighted by atomic mass is 16.7. The zero-order chi connectivity index (χ0) is 13.5. The summed E-state index contributed by atoms with van der Waals surface area (Å²) in [6.07, 6.45) is 0.967. The molecule has 2 aromatic carbocycles. The molecule has 0 radical (unpaired) electrons. The number of benzene rings is 2. The molecule has 0 spiro atoms. The van der Waals surface area contributed by atoms with E-state index in [1.54, 1.807) is 0 Å². The monoisotopic (exact) mass is 257 g/mol. The van der Waals surface area contributed by atoms with Crippen molar-refractivity contribution < 1.29 is 9.47 Å². The summed E-state index contributed by atoms with van der Waals surface area (Å²) in [5, 5.41) is 0. The minimum Gasteiger partial charge on any atom is -0.465 e. The second-order valence-electron chi connectivity index (χ2n) is 4.32. The van der Waals surface area contributed by atoms with E-state index in [0.29, 0.717) is 18.0 Å². The van der Waals surface area contributed by atoms with Crippen LogP contribution in [0.2, 0.25) is 0 Å². The number of hydrogen-bond acceptors (Lipinski definition) is 3. The van der Waals surface area contributed by atoms with Crippen LogP contribution in [0.15, 0.2) is 48.5 Å². The zero-order valence-corrected chi connectivity index (χ0v) is 11.1. The Labute approximate surface area is 114 Å². The fourth-order valence-corrected chi connectivity index (χ4v) is 1.79. The minimum atomic E-state index is 0.199. The first-order valence-corrected chi connectivity index (χ1v) is 6.42. The first kappa shape index (κ1) is 13.4. The largest absolute Gasteiger partial charge is 0.465 e. The molecular weight excluding hydrogens is 238 g/mol. The van der Waals surface area contributed by atoms with Crippen LogP contribution >= 0.6 is 0 Å². The third-order valence-electron chi connectivity index (χ3n) is 2.89. The lowest BCUT2D eigenvalue weighted by Gasteiger charge is -2.10. The molecule has 0 aromatic heterocycles. The highest BCUT2D eigenvalue weighted by molar-refractivity contribution is 5.54. The minimum absolute atomic E-state index is 0.199. The summed E-state index contributed by atoms with van der Waals surface area (Å²) in [5.41, 5.74) is 8.89. The third kappa shape index (κ3) is 4.00. The van der Waals surface area contributed by atoms with Crippen molar-refractivity contribution in [2.45, 2.75) is 20.0 Å². The van der Waals surface area contributed by atoms with Gasteiger partial charge in [-0.1, -0.05) is 43.3 Å². The van der Waals surface area contributed by atoms with Gasteiger partial charge in [-0.25, -0.2) is 0 Å². The lowest BCUT2D eigenvalue weighted by Crippen LogP contribution is -2.05. The Kier molecular flexibility index (Phi) is 4.81. The van der Waals surface area contributed by atoms with Crippen LogP contribution in [0.5, 0.6) is 5.75 Å². The van der Waals surface area contributed by atoms with Gasteiger partial charge in [0, 0.05) is 0 Å². The summed E-state index contributed by atoms with van der Waals surface area (Å²) >= 11 is 0. The summed E-state index contributed by atoms with van der Waals surface area (Å²) in [7, 11) is 0. The summed E-state index contributed by atoms with van der Waals surface area (Å²) in [6.45, 7) is 2.83. The predicted molar refractivity (Wildman–Crippen MR) is 77.0 cm³/mol. The maximum Gasteiger partial charge on any atom is 0.189 e. The maximum atomic E-state index is 5.91. The Balaban J connectivity index is 1.80. The lowest BCUT2D eigenvalue weighted by atomic mass is 10.1. The Morgan fingerprint density at radius 2 is 1.79 bits per heavy atom. The first-order chi connectivity index (χ1) is 9.29. The Hall–Kier alpha value is -2.00. The quantitative estimate of drug-likeness (QED) is 0.490. The van der Waals surface area contributed by atoms with Gasteiger partial charge in [0.1, 0.15) is 5.75 Å². The normalized spacial score (nSPS) is 10.4. The van der Waals surface area contributed by atoms with E-state index in [1.807, 2.05) is 48.5 Å². The molecule has 0 aliphatic rings. The van der Waals surface area contributed by atoms with Gasteiger partial charge in [-0.15, -0.1) is 0 Å². The lowest BCUT2D eigenvalue weighted by molar-refractivity contribution is 0.00545. The van der Waals surface area contributed by atoms with Gasteiger partial charge in [0.25, 0.3) is 0 Å². The molecule has 0 fully saturated rings. The van der Waals surface area contributed by atoms with Crippen LogP contribution in [0.1, 0.15) is 18.1 Å². The molecule has 0 bridgehead atoms. The average molecular weight is 257 g/mol. The summed E-state index contributed by atoms with van der Waals surface area (Å²) in [4.78, 5) is 0. The molecule has 2 N–H and O–H groups in total. The van der Waals surface area contributed by atoms with E-state index in [4.69, 9.17) is 15.2 Å². The van der Waals surface area contributed by atoms with Crippen molar-refractivity contribution in [3.63, 3.8) is 0 Å². The molecular formula is C16H19NO2. The maximum absolute atomic E-state index is 5.91. The standard InChI is InChI=1S/C16H19NO2/c1-2-13-8-9-16(15(17)10-13)19-12-18-11-14-6-4-3-5-7-14/h3-10H,2,11-12,17H2,1H3. The third-order valence-corrected chi connectivity index (χ3v) is 2.89. The topological polar surface area (TPSA) is 44.5 Å². The number of aryl methyl sites for hydroxylation is 1. The summed E-state index contributed by atoms with van der Waals surface area (Å²) < 4.78 is 11.0. The van der Waals surface area contributed by atoms with Crippen LogP contribution in [-0.2, 0) is 17.8 Å². The number of nitrogens with two attached hydrogens (primary N) is 1. The van der Waals surface area contributed by atoms with Crippen LogP contribution in [0, 0.1) is 0 Å². The van der Waals surface area contributed by atoms with E-state index in [-0.39, 0.29) is 6.79 Å². The van der Waals surface area contributed by atoms with E-state index in [1.165, 1.54) is 5.56 Å². The van der Waals surface area contributed by atoms with Gasteiger partial charge in [0.05, 0.1) is 12.3 Å². The van der Waals surface area contributed by atoms with Crippen molar-refractivity contribution in [2.24, 2.45) is 0 Å². The molecule has 0 unspecified atom stereocenters. The molecule has 0 saturated heterocycles. The van der Waals surface area contributed by atoms with Crippen molar-refractivity contribution >= 4 is 5.69 Å². The van der Waals surface area contributed by atoms with Crippen LogP contribution < -0.4 is 10.5 Å². The van der Waals surface area contributed by atoms with E-state index in [0.717, 1.165) is 12.0 Å². The van der Waals surface area contributed by atoms with E-state index in [2.05, 4.69) is 6.92 Å². The molecule has 2 rings (SSSR count). The molecule has 3 heteroatoms. The molecule has 0 aliphatic heterocycles. The van der Waals surface area contributed by atoms with Gasteiger partial charge in [-0.3, -0.25) is 0 Å². The summed E-state index contributed by atoms with van der Waals surface area (Å²) in [5.74, 6) is 0.672. The van der Waals surface area contributed by atoms with E-state index < -0.39 is 0 Å². The molecule has 100 valence electrons. The Morgan fingerprint density at radius 3 is 2.47 bits per heavy atom. The predicted octanol–water partition coefficient (Wildman–Crippen LogP) is 3.38. The number of nitrogen functional groups attached to an aromatic ring is 1. The van der Waals surface area contributed by atoms with Gasteiger partial charge >= 0.3 is 0 Å². The number of ether oxygens (including phenoxy) is 2. The number of rotatable bonds is 6. The van der Waals surface area contributed by atoms with Gasteiger partial charge in [-0.05, 0) is 29.7 Å². The SMILES string of the molecule is CCc1ccc(OCOCc2ccccc2)c(N)c1. The molecule has 19 heavy (non-hydrogen) atoms. The highest BCUT2D eigenvalue weighted by Crippen LogP contribution is 2.22. The van der Waals surface area contributed by atoms with Gasteiger partial charge in [0.2, 0.25) is 0 Å². The first-order valence-electron chi connectivity index (χ1n) is 6.42. The van der Waals surface area contributed by atoms with Gasteiger partial charge in [-0.2, -0.15) is 0 Å². The molecule has 3 nitrogen and oxygen atoms in total. The molecule has 0 atom stereocenters. The number of anilines is 1. The van der Waals surface area contributed by atoms with Crippen molar-refractivity contribution in [3.05, 3.63) is 59.7 Å². The van der Waals surface area contributed by atoms with Crippen molar-refractivity contribution in [1.29, 1.82) is 0 Å². The van der Waals surface area contributed by atoms with E-state index in [9.17, 15) is 0 Å². The average Bonchev–Trinajstić information content (AvgIpc) is 2.46. The Bertz CT molecular complexity index is 511. The molecule has 0 saturated carbocycles.